The summed E-state index contributed by atoms with van der Waals surface area (Å²) >= 11 is 0. The minimum Gasteiger partial charge on any atom is -0.497 e. The maximum Gasteiger partial charge on any atom is 0.258 e. The molecule has 168 valence electrons. The van der Waals surface area contributed by atoms with Gasteiger partial charge < -0.3 is 14.6 Å². The number of aryl methyl sites for hydroxylation is 1. The van der Waals surface area contributed by atoms with Gasteiger partial charge in [0.05, 0.1) is 41.3 Å². The van der Waals surface area contributed by atoms with Crippen molar-refractivity contribution in [2.75, 3.05) is 33.3 Å². The number of rotatable bonds is 4. The van der Waals surface area contributed by atoms with Gasteiger partial charge in [-0.2, -0.15) is 0 Å². The van der Waals surface area contributed by atoms with Crippen LogP contribution in [-0.4, -0.2) is 63.9 Å². The molecule has 8 nitrogen and oxygen atoms in total. The highest BCUT2D eigenvalue weighted by molar-refractivity contribution is 5.98. The third-order valence-corrected chi connectivity index (χ3v) is 6.14. The van der Waals surface area contributed by atoms with E-state index in [1.54, 1.807) is 13.2 Å². The van der Waals surface area contributed by atoms with Crippen LogP contribution in [0.1, 0.15) is 21.9 Å². The average molecular weight is 444 g/mol. The van der Waals surface area contributed by atoms with E-state index in [9.17, 15) is 9.59 Å². The normalized spacial score (nSPS) is 14.7. The topological polar surface area (TPSA) is 91.4 Å². The molecule has 0 unspecified atom stereocenters. The molecule has 1 amide bonds. The van der Waals surface area contributed by atoms with Gasteiger partial charge in [0.25, 0.3) is 11.5 Å². The zero-order valence-corrected chi connectivity index (χ0v) is 18.7. The number of aromatic nitrogens is 3. The molecule has 0 bridgehead atoms. The van der Waals surface area contributed by atoms with Gasteiger partial charge in [-0.05, 0) is 37.3 Å². The smallest absolute Gasteiger partial charge is 0.258 e. The van der Waals surface area contributed by atoms with Crippen LogP contribution in [0.4, 0.5) is 0 Å². The van der Waals surface area contributed by atoms with Crippen LogP contribution in [0.2, 0.25) is 0 Å². The molecule has 0 saturated carbocycles. The molecule has 0 radical (unpaired) electrons. The van der Waals surface area contributed by atoms with E-state index in [0.717, 1.165) is 16.7 Å². The summed E-state index contributed by atoms with van der Waals surface area (Å²) in [6.07, 6.45) is 0. The van der Waals surface area contributed by atoms with Crippen molar-refractivity contribution in [1.29, 1.82) is 0 Å². The highest BCUT2D eigenvalue weighted by Gasteiger charge is 2.24. The summed E-state index contributed by atoms with van der Waals surface area (Å²) in [5, 5.41) is 1.50. The summed E-state index contributed by atoms with van der Waals surface area (Å²) in [5.74, 6) is 1.38. The molecular weight excluding hydrogens is 418 g/mol. The Balaban J connectivity index is 1.28. The third kappa shape index (κ3) is 4.17. The second-order valence-electron chi connectivity index (χ2n) is 8.28. The van der Waals surface area contributed by atoms with Crippen LogP contribution in [0, 0.1) is 6.92 Å². The number of benzene rings is 2. The summed E-state index contributed by atoms with van der Waals surface area (Å²) in [6, 6.07) is 14.9. The Morgan fingerprint density at radius 2 is 1.82 bits per heavy atom. The van der Waals surface area contributed by atoms with Gasteiger partial charge in [0.15, 0.2) is 0 Å². The molecule has 3 heterocycles. The number of H-pyrrole nitrogens is 1. The Morgan fingerprint density at radius 1 is 1.03 bits per heavy atom. The molecule has 1 aliphatic rings. The maximum absolute atomic E-state index is 13.2. The highest BCUT2D eigenvalue weighted by atomic mass is 16.5. The molecule has 1 saturated heterocycles. The van der Waals surface area contributed by atoms with Crippen molar-refractivity contribution in [1.82, 2.24) is 24.8 Å². The number of nitrogens with one attached hydrogen (secondary N) is 1. The fourth-order valence-corrected chi connectivity index (χ4v) is 4.29. The van der Waals surface area contributed by atoms with Gasteiger partial charge in [0.2, 0.25) is 0 Å². The van der Waals surface area contributed by atoms with Gasteiger partial charge >= 0.3 is 0 Å². The molecule has 1 N–H and O–H groups in total. The number of carbonyl (C=O) groups is 1. The number of amides is 1. The van der Waals surface area contributed by atoms with Gasteiger partial charge in [-0.3, -0.25) is 19.5 Å². The van der Waals surface area contributed by atoms with Gasteiger partial charge in [-0.1, -0.05) is 12.1 Å². The Kier molecular flexibility index (Phi) is 5.51. The molecule has 2 aromatic carbocycles. The predicted octanol–water partition coefficient (Wildman–Crippen LogP) is 2.75. The van der Waals surface area contributed by atoms with Crippen LogP contribution in [-0.2, 0) is 6.54 Å². The first-order valence-electron chi connectivity index (χ1n) is 11.0. The molecule has 0 aliphatic carbocycles. The van der Waals surface area contributed by atoms with Crippen molar-refractivity contribution in [2.45, 2.75) is 13.5 Å². The Bertz CT molecular complexity index is 1410. The molecule has 0 atom stereocenters. The summed E-state index contributed by atoms with van der Waals surface area (Å²) in [6.45, 7) is 5.04. The number of nitrogens with zero attached hydrogens (tertiary/aromatic N) is 4. The van der Waals surface area contributed by atoms with Crippen molar-refractivity contribution in [3.63, 3.8) is 0 Å². The van der Waals surface area contributed by atoms with E-state index < -0.39 is 0 Å². The molecule has 2 aromatic heterocycles. The number of aromatic amines is 1. The SMILES string of the molecule is COc1ccc2cc(C(=O)N3CCN(Cc4nc5ccccc5c(=O)[nH]4)CC3)c(C)nc2c1. The second kappa shape index (κ2) is 8.63. The summed E-state index contributed by atoms with van der Waals surface area (Å²) in [5.41, 5.74) is 2.72. The number of hydrogen-bond acceptors (Lipinski definition) is 6. The number of fused-ring (bicyclic) bond motifs is 2. The number of piperazine rings is 1. The summed E-state index contributed by atoms with van der Waals surface area (Å²) < 4.78 is 5.27. The zero-order valence-electron chi connectivity index (χ0n) is 18.7. The Hall–Kier alpha value is -3.78. The average Bonchev–Trinajstić information content (AvgIpc) is 2.83. The molecule has 5 rings (SSSR count). The molecule has 1 aliphatic heterocycles. The second-order valence-corrected chi connectivity index (χ2v) is 8.28. The van der Waals surface area contributed by atoms with Crippen molar-refractivity contribution >= 4 is 27.7 Å². The monoisotopic (exact) mass is 443 g/mol. The first-order valence-corrected chi connectivity index (χ1v) is 11.0. The van der Waals surface area contributed by atoms with Crippen molar-refractivity contribution in [3.8, 4) is 5.75 Å². The highest BCUT2D eigenvalue weighted by Crippen LogP contribution is 2.23. The molecule has 1 fully saturated rings. The molecule has 4 aromatic rings. The van der Waals surface area contributed by atoms with Gasteiger partial charge in [0.1, 0.15) is 11.6 Å². The van der Waals surface area contributed by atoms with E-state index in [0.29, 0.717) is 60.7 Å². The van der Waals surface area contributed by atoms with E-state index in [2.05, 4.69) is 19.9 Å². The van der Waals surface area contributed by atoms with Crippen LogP contribution in [0.3, 0.4) is 0 Å². The van der Waals surface area contributed by atoms with Crippen molar-refractivity contribution < 1.29 is 9.53 Å². The van der Waals surface area contributed by atoms with E-state index in [-0.39, 0.29) is 11.5 Å². The lowest BCUT2D eigenvalue weighted by molar-refractivity contribution is 0.0624. The molecule has 0 spiro atoms. The quantitative estimate of drug-likeness (QED) is 0.522. The van der Waals surface area contributed by atoms with Crippen LogP contribution >= 0.6 is 0 Å². The number of hydrogen-bond donors (Lipinski definition) is 1. The predicted molar refractivity (Wildman–Crippen MR) is 127 cm³/mol. The largest absolute Gasteiger partial charge is 0.497 e. The lowest BCUT2D eigenvalue weighted by atomic mass is 10.1. The fraction of sp³-hybridized carbons (Fsp3) is 0.280. The van der Waals surface area contributed by atoms with E-state index in [1.807, 2.05) is 54.3 Å². The lowest BCUT2D eigenvalue weighted by Crippen LogP contribution is -2.48. The Morgan fingerprint density at radius 3 is 2.61 bits per heavy atom. The van der Waals surface area contributed by atoms with E-state index in [4.69, 9.17) is 4.74 Å². The standard InChI is InChI=1S/C25H25N5O3/c1-16-20(13-17-7-8-18(33-2)14-22(17)26-16)25(32)30-11-9-29(10-12-30)15-23-27-21-6-4-3-5-19(21)24(31)28-23/h3-8,13-14H,9-12,15H2,1-2H3,(H,27,28,31). The fourth-order valence-electron chi connectivity index (χ4n) is 4.29. The van der Waals surface area contributed by atoms with Gasteiger partial charge in [0, 0.05) is 37.6 Å². The number of ether oxygens (including phenoxy) is 1. The summed E-state index contributed by atoms with van der Waals surface area (Å²) in [7, 11) is 1.62. The van der Waals surface area contributed by atoms with Crippen LogP contribution in [0.5, 0.6) is 5.75 Å². The van der Waals surface area contributed by atoms with E-state index >= 15 is 0 Å². The van der Waals surface area contributed by atoms with Crippen LogP contribution in [0.15, 0.2) is 53.3 Å². The molecule has 33 heavy (non-hydrogen) atoms. The summed E-state index contributed by atoms with van der Waals surface area (Å²) in [4.78, 5) is 41.7. The third-order valence-electron chi connectivity index (χ3n) is 6.14. The maximum atomic E-state index is 13.2. The minimum atomic E-state index is -0.124. The number of para-hydroxylation sites is 1. The number of pyridine rings is 1. The lowest BCUT2D eigenvalue weighted by Gasteiger charge is -2.34. The van der Waals surface area contributed by atoms with Gasteiger partial charge in [-0.15, -0.1) is 0 Å². The minimum absolute atomic E-state index is 0.00500. The first-order chi connectivity index (χ1) is 16.0. The molecular formula is C25H25N5O3. The number of methoxy groups -OCH3 is 1. The van der Waals surface area contributed by atoms with E-state index in [1.165, 1.54) is 0 Å². The van der Waals surface area contributed by atoms with Gasteiger partial charge in [-0.25, -0.2) is 4.98 Å². The molecule has 8 heteroatoms. The van der Waals surface area contributed by atoms with Crippen molar-refractivity contribution in [3.05, 3.63) is 76.0 Å². The van der Waals surface area contributed by atoms with Crippen LogP contribution < -0.4 is 10.3 Å². The first kappa shape index (κ1) is 21.1. The Labute approximate surface area is 190 Å². The zero-order chi connectivity index (χ0) is 22.9. The van der Waals surface area contributed by atoms with Crippen molar-refractivity contribution in [2.24, 2.45) is 0 Å². The van der Waals surface area contributed by atoms with Crippen LogP contribution in [0.25, 0.3) is 21.8 Å². The number of carbonyl (C=O) groups excluding carboxylic acids is 1.